The van der Waals surface area contributed by atoms with Gasteiger partial charge in [-0.2, -0.15) is 4.31 Å². The number of fused-ring (bicyclic) bond motifs is 1. The van der Waals surface area contributed by atoms with E-state index in [1.165, 1.54) is 16.8 Å². The Morgan fingerprint density at radius 1 is 0.931 bits per heavy atom. The van der Waals surface area contributed by atoms with Crippen LogP contribution in [-0.2, 0) is 21.2 Å². The Morgan fingerprint density at radius 2 is 1.69 bits per heavy atom. The third kappa shape index (κ3) is 4.02. The lowest BCUT2D eigenvalue weighted by atomic mass is 10.1. The van der Waals surface area contributed by atoms with Gasteiger partial charge in [-0.1, -0.05) is 17.7 Å². The molecule has 0 atom stereocenters. The Kier molecular flexibility index (Phi) is 5.36. The zero-order chi connectivity index (χ0) is 20.6. The predicted molar refractivity (Wildman–Crippen MR) is 115 cm³/mol. The van der Waals surface area contributed by atoms with Gasteiger partial charge in [-0.05, 0) is 62.1 Å². The van der Waals surface area contributed by atoms with Crippen LogP contribution in [0.15, 0.2) is 41.3 Å². The molecule has 154 valence electrons. The highest BCUT2D eigenvalue weighted by Gasteiger charge is 2.29. The summed E-state index contributed by atoms with van der Waals surface area (Å²) in [5.41, 5.74) is 5.24. The Bertz CT molecular complexity index is 1040. The molecule has 0 unspecified atom stereocenters. The van der Waals surface area contributed by atoms with Gasteiger partial charge in [0.05, 0.1) is 4.90 Å². The predicted octanol–water partition coefficient (Wildman–Crippen LogP) is 3.09. The summed E-state index contributed by atoms with van der Waals surface area (Å²) in [6.07, 6.45) is 1.91. The monoisotopic (exact) mass is 413 g/mol. The summed E-state index contributed by atoms with van der Waals surface area (Å²) >= 11 is 0. The van der Waals surface area contributed by atoms with Crippen molar-refractivity contribution >= 4 is 27.3 Å². The number of benzene rings is 2. The number of anilines is 2. The summed E-state index contributed by atoms with van der Waals surface area (Å²) in [5.74, 6) is -0.0121. The van der Waals surface area contributed by atoms with Crippen molar-refractivity contribution in [1.29, 1.82) is 0 Å². The lowest BCUT2D eigenvalue weighted by Crippen LogP contribution is -2.48. The number of nitrogens with zero attached hydrogens (tertiary/aromatic N) is 2. The molecule has 29 heavy (non-hydrogen) atoms. The SMILES string of the molecule is Cc1ccc(N2CCN(S(=O)(=O)c3ccc4c(c3)CCCC(=O)N4)CC2)c(C)c1. The van der Waals surface area contributed by atoms with Gasteiger partial charge in [0.2, 0.25) is 15.9 Å². The van der Waals surface area contributed by atoms with Crippen LogP contribution in [0.3, 0.4) is 0 Å². The van der Waals surface area contributed by atoms with E-state index < -0.39 is 10.0 Å². The standard InChI is InChI=1S/C22H27N3O3S/c1-16-6-9-21(17(2)14-16)24-10-12-25(13-11-24)29(27,28)19-7-8-20-18(15-19)4-3-5-22(26)23-20/h6-9,14-15H,3-5,10-13H2,1-2H3,(H,23,26). The Hall–Kier alpha value is -2.38. The molecule has 0 aromatic heterocycles. The van der Waals surface area contributed by atoms with Crippen LogP contribution < -0.4 is 10.2 Å². The lowest BCUT2D eigenvalue weighted by Gasteiger charge is -2.36. The highest BCUT2D eigenvalue weighted by molar-refractivity contribution is 7.89. The minimum absolute atomic E-state index is 0.0121. The number of hydrogen-bond donors (Lipinski definition) is 1. The summed E-state index contributed by atoms with van der Waals surface area (Å²) < 4.78 is 28.0. The van der Waals surface area contributed by atoms with E-state index in [0.29, 0.717) is 43.9 Å². The number of carbonyl (C=O) groups excluding carboxylic acids is 1. The fourth-order valence-corrected chi connectivity index (χ4v) is 5.66. The molecule has 2 aromatic carbocycles. The van der Waals surface area contributed by atoms with Crippen molar-refractivity contribution in [2.45, 2.75) is 38.0 Å². The summed E-state index contributed by atoms with van der Waals surface area (Å²) in [4.78, 5) is 14.3. The molecule has 4 rings (SSSR count). The normalized spacial score (nSPS) is 18.1. The molecule has 7 heteroatoms. The van der Waals surface area contributed by atoms with Crippen LogP contribution in [0.25, 0.3) is 0 Å². The molecule has 6 nitrogen and oxygen atoms in total. The second-order valence-corrected chi connectivity index (χ2v) is 9.84. The van der Waals surface area contributed by atoms with Crippen molar-refractivity contribution in [3.05, 3.63) is 53.1 Å². The smallest absolute Gasteiger partial charge is 0.243 e. The Labute approximate surface area is 172 Å². The van der Waals surface area contributed by atoms with Crippen molar-refractivity contribution in [1.82, 2.24) is 4.31 Å². The number of aryl methyl sites for hydroxylation is 3. The highest BCUT2D eigenvalue weighted by atomic mass is 32.2. The number of rotatable bonds is 3. The Morgan fingerprint density at radius 3 is 2.41 bits per heavy atom. The van der Waals surface area contributed by atoms with Crippen LogP contribution in [0.2, 0.25) is 0 Å². The van der Waals surface area contributed by atoms with Crippen molar-refractivity contribution in [2.75, 3.05) is 36.4 Å². The zero-order valence-corrected chi connectivity index (χ0v) is 17.8. The van der Waals surface area contributed by atoms with Crippen molar-refractivity contribution < 1.29 is 13.2 Å². The molecule has 2 aliphatic rings. The number of sulfonamides is 1. The van der Waals surface area contributed by atoms with Crippen molar-refractivity contribution in [3.63, 3.8) is 0 Å². The van der Waals surface area contributed by atoms with Crippen LogP contribution in [0.1, 0.15) is 29.5 Å². The molecule has 2 aliphatic heterocycles. The second kappa shape index (κ2) is 7.80. The zero-order valence-electron chi connectivity index (χ0n) is 16.9. The molecule has 1 N–H and O–H groups in total. The van der Waals surface area contributed by atoms with Crippen LogP contribution in [0.5, 0.6) is 0 Å². The third-order valence-electron chi connectivity index (χ3n) is 5.77. The Balaban J connectivity index is 1.50. The summed E-state index contributed by atoms with van der Waals surface area (Å²) in [6, 6.07) is 11.4. The van der Waals surface area contributed by atoms with Crippen LogP contribution >= 0.6 is 0 Å². The van der Waals surface area contributed by atoms with Gasteiger partial charge >= 0.3 is 0 Å². The first-order chi connectivity index (χ1) is 13.8. The average Bonchev–Trinajstić information content (AvgIpc) is 2.88. The largest absolute Gasteiger partial charge is 0.369 e. The number of carbonyl (C=O) groups is 1. The van der Waals surface area contributed by atoms with Gasteiger partial charge in [0.15, 0.2) is 0 Å². The minimum Gasteiger partial charge on any atom is -0.369 e. The molecule has 0 radical (unpaired) electrons. The van der Waals surface area contributed by atoms with Crippen LogP contribution in [0.4, 0.5) is 11.4 Å². The molecular formula is C22H27N3O3S. The fourth-order valence-electron chi connectivity index (χ4n) is 4.19. The third-order valence-corrected chi connectivity index (χ3v) is 7.66. The van der Waals surface area contributed by atoms with E-state index >= 15 is 0 Å². The number of amides is 1. The topological polar surface area (TPSA) is 69.7 Å². The van der Waals surface area contributed by atoms with Crippen LogP contribution in [-0.4, -0.2) is 44.8 Å². The van der Waals surface area contributed by atoms with E-state index in [1.807, 2.05) is 0 Å². The first-order valence-corrected chi connectivity index (χ1v) is 11.5. The fraction of sp³-hybridized carbons (Fsp3) is 0.409. The summed E-state index contributed by atoms with van der Waals surface area (Å²) in [5, 5.41) is 2.86. The molecular weight excluding hydrogens is 386 g/mol. The molecule has 0 bridgehead atoms. The highest BCUT2D eigenvalue weighted by Crippen LogP contribution is 2.28. The minimum atomic E-state index is -3.55. The van der Waals surface area contributed by atoms with Gasteiger partial charge in [0.25, 0.3) is 0 Å². The molecule has 1 fully saturated rings. The molecule has 2 aromatic rings. The van der Waals surface area contributed by atoms with Gasteiger partial charge in [-0.25, -0.2) is 8.42 Å². The van der Waals surface area contributed by atoms with Crippen LogP contribution in [0, 0.1) is 13.8 Å². The van der Waals surface area contributed by atoms with Gasteiger partial charge in [-0.15, -0.1) is 0 Å². The van der Waals surface area contributed by atoms with Gasteiger partial charge in [-0.3, -0.25) is 4.79 Å². The van der Waals surface area contributed by atoms with Gasteiger partial charge < -0.3 is 10.2 Å². The van der Waals surface area contributed by atoms with Gasteiger partial charge in [0, 0.05) is 44.0 Å². The quantitative estimate of drug-likeness (QED) is 0.840. The second-order valence-electron chi connectivity index (χ2n) is 7.90. The maximum absolute atomic E-state index is 13.2. The molecule has 0 saturated carbocycles. The van der Waals surface area contributed by atoms with E-state index in [0.717, 1.165) is 17.7 Å². The van der Waals surface area contributed by atoms with E-state index in [-0.39, 0.29) is 5.91 Å². The molecule has 1 amide bonds. The number of nitrogens with one attached hydrogen (secondary N) is 1. The first kappa shape index (κ1) is 19.9. The maximum atomic E-state index is 13.2. The van der Waals surface area contributed by atoms with Crippen molar-refractivity contribution in [2.24, 2.45) is 0 Å². The summed E-state index contributed by atoms with van der Waals surface area (Å²) in [6.45, 7) is 6.44. The number of hydrogen-bond acceptors (Lipinski definition) is 4. The van der Waals surface area contributed by atoms with E-state index in [1.54, 1.807) is 22.5 Å². The molecule has 0 spiro atoms. The maximum Gasteiger partial charge on any atom is 0.243 e. The van der Waals surface area contributed by atoms with E-state index in [2.05, 4.69) is 42.3 Å². The van der Waals surface area contributed by atoms with Crippen molar-refractivity contribution in [3.8, 4) is 0 Å². The summed E-state index contributed by atoms with van der Waals surface area (Å²) in [7, 11) is -3.55. The molecule has 2 heterocycles. The molecule has 1 saturated heterocycles. The molecule has 0 aliphatic carbocycles. The lowest BCUT2D eigenvalue weighted by molar-refractivity contribution is -0.116. The first-order valence-electron chi connectivity index (χ1n) is 10.1. The number of piperazine rings is 1. The van der Waals surface area contributed by atoms with Gasteiger partial charge in [0.1, 0.15) is 0 Å². The van der Waals surface area contributed by atoms with E-state index in [4.69, 9.17) is 0 Å². The average molecular weight is 414 g/mol. The van der Waals surface area contributed by atoms with E-state index in [9.17, 15) is 13.2 Å².